The third-order valence-electron chi connectivity index (χ3n) is 2.80. The Hall–Kier alpha value is -0.280. The molecule has 0 fully saturated rings. The zero-order valence-electron chi connectivity index (χ0n) is 10.7. The molecule has 0 saturated carbocycles. The molecule has 1 aromatic heterocycles. The van der Waals surface area contributed by atoms with Gasteiger partial charge in [-0.25, -0.2) is 4.98 Å². The zero-order valence-corrected chi connectivity index (χ0v) is 13.0. The molecule has 4 heteroatoms. The first-order valence-corrected chi connectivity index (χ1v) is 7.20. The monoisotopic (exact) mass is 318 g/mol. The van der Waals surface area contributed by atoms with E-state index in [1.807, 2.05) is 12.3 Å². The van der Waals surface area contributed by atoms with Crippen LogP contribution in [0.5, 0.6) is 0 Å². The van der Waals surface area contributed by atoms with E-state index in [2.05, 4.69) is 47.0 Å². The second-order valence-corrected chi connectivity index (χ2v) is 6.27. The highest BCUT2D eigenvalue weighted by Crippen LogP contribution is 2.27. The van der Waals surface area contributed by atoms with Crippen LogP contribution in [-0.4, -0.2) is 17.4 Å². The first-order chi connectivity index (χ1) is 7.96. The number of pyridine rings is 1. The number of aromatic nitrogens is 1. The van der Waals surface area contributed by atoms with Gasteiger partial charge < -0.3 is 5.32 Å². The Labute approximate surface area is 117 Å². The number of nitrogens with zero attached hydrogens (tertiary/aromatic N) is 1. The molecule has 0 aliphatic heterocycles. The van der Waals surface area contributed by atoms with Crippen LogP contribution in [0.25, 0.3) is 0 Å². The molecule has 1 rings (SSSR count). The van der Waals surface area contributed by atoms with Crippen LogP contribution in [0.15, 0.2) is 16.7 Å². The van der Waals surface area contributed by atoms with E-state index in [0.29, 0.717) is 0 Å². The second kappa shape index (κ2) is 6.60. The summed E-state index contributed by atoms with van der Waals surface area (Å²) in [4.78, 5) is 4.34. The van der Waals surface area contributed by atoms with Gasteiger partial charge in [0.1, 0.15) is 5.82 Å². The second-order valence-electron chi connectivity index (χ2n) is 5.10. The van der Waals surface area contributed by atoms with Gasteiger partial charge in [0.15, 0.2) is 0 Å². The summed E-state index contributed by atoms with van der Waals surface area (Å²) < 4.78 is 1.05. The zero-order chi connectivity index (χ0) is 12.9. The van der Waals surface area contributed by atoms with Gasteiger partial charge in [0.2, 0.25) is 0 Å². The molecular weight excluding hydrogens is 300 g/mol. The molecule has 0 aliphatic rings. The van der Waals surface area contributed by atoms with E-state index in [1.165, 1.54) is 5.56 Å². The van der Waals surface area contributed by atoms with Crippen molar-refractivity contribution in [3.05, 3.63) is 22.3 Å². The Morgan fingerprint density at radius 1 is 1.47 bits per heavy atom. The van der Waals surface area contributed by atoms with Crippen molar-refractivity contribution in [2.45, 2.75) is 33.6 Å². The van der Waals surface area contributed by atoms with Crippen LogP contribution < -0.4 is 5.32 Å². The van der Waals surface area contributed by atoms with Crippen LogP contribution in [0.1, 0.15) is 32.3 Å². The number of aryl methyl sites for hydroxylation is 1. The Kier molecular flexibility index (Phi) is 5.74. The molecular formula is C13H20BrClN2. The highest BCUT2D eigenvalue weighted by atomic mass is 79.9. The normalized spacial score (nSPS) is 11.6. The predicted octanol–water partition coefficient (Wildman–Crippen LogP) is 4.61. The molecule has 0 aliphatic carbocycles. The smallest absolute Gasteiger partial charge is 0.140 e. The lowest BCUT2D eigenvalue weighted by atomic mass is 9.88. The summed E-state index contributed by atoms with van der Waals surface area (Å²) in [5.41, 5.74) is 1.43. The molecule has 0 atom stereocenters. The van der Waals surface area contributed by atoms with Crippen LogP contribution in [0, 0.1) is 12.3 Å². The van der Waals surface area contributed by atoms with E-state index >= 15 is 0 Å². The minimum absolute atomic E-state index is 0.236. The number of anilines is 1. The van der Waals surface area contributed by atoms with E-state index in [-0.39, 0.29) is 5.41 Å². The van der Waals surface area contributed by atoms with Crippen molar-refractivity contribution in [3.8, 4) is 0 Å². The lowest BCUT2D eigenvalue weighted by molar-refractivity contribution is 0.355. The lowest BCUT2D eigenvalue weighted by Gasteiger charge is -2.25. The molecule has 0 radical (unpaired) electrons. The topological polar surface area (TPSA) is 24.9 Å². The van der Waals surface area contributed by atoms with Crippen molar-refractivity contribution in [3.63, 3.8) is 0 Å². The fraction of sp³-hybridized carbons (Fsp3) is 0.615. The predicted molar refractivity (Wildman–Crippen MR) is 78.9 cm³/mol. The molecule has 0 saturated heterocycles. The molecule has 2 nitrogen and oxygen atoms in total. The standard InChI is InChI=1S/C13H20BrClN2/c1-10-5-8-16-12(11(10)14)17-9-13(2,3)6-4-7-15/h5,8H,4,6-7,9H2,1-3H3,(H,16,17). The van der Waals surface area contributed by atoms with Gasteiger partial charge in [-0.3, -0.25) is 0 Å². The molecule has 17 heavy (non-hydrogen) atoms. The largest absolute Gasteiger partial charge is 0.369 e. The van der Waals surface area contributed by atoms with Crippen LogP contribution in [0.4, 0.5) is 5.82 Å². The van der Waals surface area contributed by atoms with Crippen LogP contribution >= 0.6 is 27.5 Å². The molecule has 1 heterocycles. The van der Waals surface area contributed by atoms with Gasteiger partial charge in [0.05, 0.1) is 4.47 Å². The van der Waals surface area contributed by atoms with Crippen molar-refractivity contribution in [1.82, 2.24) is 4.98 Å². The van der Waals surface area contributed by atoms with Crippen molar-refractivity contribution >= 4 is 33.3 Å². The van der Waals surface area contributed by atoms with Gasteiger partial charge in [-0.15, -0.1) is 11.6 Å². The van der Waals surface area contributed by atoms with Crippen molar-refractivity contribution < 1.29 is 0 Å². The Morgan fingerprint density at radius 3 is 2.82 bits per heavy atom. The molecule has 1 aromatic rings. The summed E-state index contributed by atoms with van der Waals surface area (Å²) in [6.45, 7) is 7.46. The number of halogens is 2. The summed E-state index contributed by atoms with van der Waals surface area (Å²) in [6, 6.07) is 1.99. The summed E-state index contributed by atoms with van der Waals surface area (Å²) in [7, 11) is 0. The highest BCUT2D eigenvalue weighted by molar-refractivity contribution is 9.10. The van der Waals surface area contributed by atoms with E-state index < -0.39 is 0 Å². The van der Waals surface area contributed by atoms with Gasteiger partial charge in [-0.05, 0) is 52.7 Å². The number of hydrogen-bond acceptors (Lipinski definition) is 2. The van der Waals surface area contributed by atoms with Gasteiger partial charge in [-0.2, -0.15) is 0 Å². The number of alkyl halides is 1. The lowest BCUT2D eigenvalue weighted by Crippen LogP contribution is -2.23. The Bertz CT molecular complexity index is 366. The van der Waals surface area contributed by atoms with Gasteiger partial charge >= 0.3 is 0 Å². The average Bonchev–Trinajstić information content (AvgIpc) is 2.29. The number of nitrogens with one attached hydrogen (secondary N) is 1. The third-order valence-corrected chi connectivity index (χ3v) is 4.07. The fourth-order valence-electron chi connectivity index (χ4n) is 1.62. The quantitative estimate of drug-likeness (QED) is 0.775. The first-order valence-electron chi connectivity index (χ1n) is 5.87. The van der Waals surface area contributed by atoms with E-state index in [0.717, 1.165) is 35.6 Å². The number of hydrogen-bond donors (Lipinski definition) is 1. The Morgan fingerprint density at radius 2 is 2.18 bits per heavy atom. The summed E-state index contributed by atoms with van der Waals surface area (Å²) in [6.07, 6.45) is 4.00. The first kappa shape index (κ1) is 14.8. The van der Waals surface area contributed by atoms with Crippen molar-refractivity contribution in [2.24, 2.45) is 5.41 Å². The third kappa shape index (κ3) is 4.84. The van der Waals surface area contributed by atoms with Crippen LogP contribution in [0.3, 0.4) is 0 Å². The fourth-order valence-corrected chi connectivity index (χ4v) is 2.13. The minimum atomic E-state index is 0.236. The van der Waals surface area contributed by atoms with Gasteiger partial charge in [0.25, 0.3) is 0 Å². The molecule has 0 bridgehead atoms. The molecule has 96 valence electrons. The molecule has 0 unspecified atom stereocenters. The van der Waals surface area contributed by atoms with Crippen molar-refractivity contribution in [2.75, 3.05) is 17.7 Å². The molecule has 0 amide bonds. The van der Waals surface area contributed by atoms with E-state index in [4.69, 9.17) is 11.6 Å². The number of rotatable bonds is 6. The van der Waals surface area contributed by atoms with Crippen LogP contribution in [-0.2, 0) is 0 Å². The summed E-state index contributed by atoms with van der Waals surface area (Å²) in [5, 5.41) is 3.40. The van der Waals surface area contributed by atoms with Crippen LogP contribution in [0.2, 0.25) is 0 Å². The highest BCUT2D eigenvalue weighted by Gasteiger charge is 2.17. The maximum absolute atomic E-state index is 5.73. The molecule has 0 aromatic carbocycles. The van der Waals surface area contributed by atoms with E-state index in [9.17, 15) is 0 Å². The SMILES string of the molecule is Cc1ccnc(NCC(C)(C)CCCCl)c1Br. The average molecular weight is 320 g/mol. The molecule has 0 spiro atoms. The molecule has 1 N–H and O–H groups in total. The maximum Gasteiger partial charge on any atom is 0.140 e. The van der Waals surface area contributed by atoms with Crippen molar-refractivity contribution in [1.29, 1.82) is 0 Å². The maximum atomic E-state index is 5.73. The van der Waals surface area contributed by atoms with Gasteiger partial charge in [0, 0.05) is 18.6 Å². The Balaban J connectivity index is 2.58. The van der Waals surface area contributed by atoms with Gasteiger partial charge in [-0.1, -0.05) is 13.8 Å². The summed E-state index contributed by atoms with van der Waals surface area (Å²) in [5.74, 6) is 1.65. The summed E-state index contributed by atoms with van der Waals surface area (Å²) >= 11 is 9.28. The minimum Gasteiger partial charge on any atom is -0.369 e. The van der Waals surface area contributed by atoms with E-state index in [1.54, 1.807) is 0 Å².